The van der Waals surface area contributed by atoms with Gasteiger partial charge in [-0.3, -0.25) is 14.5 Å². The fourth-order valence-electron chi connectivity index (χ4n) is 7.14. The second-order valence-corrected chi connectivity index (χ2v) is 12.3. The molecule has 6 rings (SSSR count). The molecule has 1 saturated heterocycles. The number of benzene rings is 1. The molecular formula is C31H37N5O6. The monoisotopic (exact) mass is 575 g/mol. The highest BCUT2D eigenvalue weighted by atomic mass is 16.5. The molecule has 222 valence electrons. The Labute approximate surface area is 244 Å². The van der Waals surface area contributed by atoms with Crippen LogP contribution in [-0.2, 0) is 16.1 Å². The first-order chi connectivity index (χ1) is 20.3. The predicted molar refractivity (Wildman–Crippen MR) is 151 cm³/mol. The number of rotatable bonds is 9. The number of imide groups is 1. The van der Waals surface area contributed by atoms with Crippen molar-refractivity contribution in [1.82, 2.24) is 20.5 Å². The number of hydrogen-bond acceptors (Lipinski definition) is 7. The minimum absolute atomic E-state index is 0.0522. The van der Waals surface area contributed by atoms with Crippen molar-refractivity contribution in [3.8, 4) is 5.88 Å². The fourth-order valence-corrected chi connectivity index (χ4v) is 7.14. The Morgan fingerprint density at radius 3 is 2.48 bits per heavy atom. The van der Waals surface area contributed by atoms with Crippen LogP contribution in [0.2, 0.25) is 0 Å². The topological polar surface area (TPSA) is 153 Å². The maximum Gasteiger partial charge on any atom is 0.407 e. The van der Waals surface area contributed by atoms with Gasteiger partial charge in [-0.25, -0.2) is 14.6 Å². The minimum atomic E-state index is -0.576. The van der Waals surface area contributed by atoms with E-state index in [1.807, 2.05) is 30.3 Å². The molecule has 11 nitrogen and oxygen atoms in total. The van der Waals surface area contributed by atoms with E-state index in [-0.39, 0.29) is 53.6 Å². The number of aromatic nitrogens is 1. The van der Waals surface area contributed by atoms with Crippen molar-refractivity contribution in [3.63, 3.8) is 0 Å². The Kier molecular flexibility index (Phi) is 7.74. The summed E-state index contributed by atoms with van der Waals surface area (Å²) < 4.78 is 11.3. The maximum atomic E-state index is 13.2. The van der Waals surface area contributed by atoms with Gasteiger partial charge < -0.3 is 25.8 Å². The van der Waals surface area contributed by atoms with E-state index in [1.165, 1.54) is 4.90 Å². The van der Waals surface area contributed by atoms with Gasteiger partial charge in [-0.05, 0) is 86.8 Å². The highest BCUT2D eigenvalue weighted by Gasteiger charge is 2.58. The molecule has 2 heterocycles. The molecule has 1 aromatic heterocycles. The van der Waals surface area contributed by atoms with Crippen molar-refractivity contribution >= 4 is 23.9 Å². The summed E-state index contributed by atoms with van der Waals surface area (Å²) in [5, 5.41) is 5.88. The van der Waals surface area contributed by atoms with Crippen molar-refractivity contribution in [1.29, 1.82) is 0 Å². The SMILES string of the molecule is NC(=O)c1cccnc1OC1CC2(C1)CC(N1C(=O)N[C@@H](CC3CCC(NC(=O)OCc4ccccc4)CC3)C1=O)C2. The van der Waals surface area contributed by atoms with Gasteiger partial charge in [-0.1, -0.05) is 30.3 Å². The Bertz CT molecular complexity index is 1330. The van der Waals surface area contributed by atoms with Crippen LogP contribution in [-0.4, -0.2) is 58.1 Å². The summed E-state index contributed by atoms with van der Waals surface area (Å²) in [6, 6.07) is 12.0. The predicted octanol–water partition coefficient (Wildman–Crippen LogP) is 3.67. The summed E-state index contributed by atoms with van der Waals surface area (Å²) in [5.41, 5.74) is 6.69. The molecule has 0 radical (unpaired) electrons. The van der Waals surface area contributed by atoms with Crippen molar-refractivity contribution in [2.75, 3.05) is 0 Å². The van der Waals surface area contributed by atoms with E-state index in [4.69, 9.17) is 15.2 Å². The number of alkyl carbamates (subject to hydrolysis) is 1. The molecule has 3 saturated carbocycles. The Balaban J connectivity index is 0.911. The Morgan fingerprint density at radius 1 is 1.02 bits per heavy atom. The number of hydrogen-bond donors (Lipinski definition) is 3. The van der Waals surface area contributed by atoms with E-state index in [0.717, 1.165) is 56.9 Å². The fraction of sp³-hybridized carbons (Fsp3) is 0.516. The third-order valence-corrected chi connectivity index (χ3v) is 9.34. The molecule has 5 amide bonds. The molecule has 4 fully saturated rings. The average molecular weight is 576 g/mol. The van der Waals surface area contributed by atoms with Gasteiger partial charge in [0, 0.05) is 18.3 Å². The van der Waals surface area contributed by atoms with Crippen LogP contribution in [0.5, 0.6) is 5.88 Å². The average Bonchev–Trinajstić information content (AvgIpc) is 3.21. The third-order valence-electron chi connectivity index (χ3n) is 9.34. The Morgan fingerprint density at radius 2 is 1.76 bits per heavy atom. The van der Waals surface area contributed by atoms with Gasteiger partial charge in [0.1, 0.15) is 24.3 Å². The van der Waals surface area contributed by atoms with Crippen LogP contribution in [0.4, 0.5) is 9.59 Å². The van der Waals surface area contributed by atoms with Crippen molar-refractivity contribution in [3.05, 3.63) is 59.8 Å². The molecule has 4 N–H and O–H groups in total. The molecule has 3 aliphatic carbocycles. The zero-order valence-electron chi connectivity index (χ0n) is 23.5. The van der Waals surface area contributed by atoms with Crippen LogP contribution in [0, 0.1) is 11.3 Å². The molecule has 2 aromatic rings. The number of ether oxygens (including phenoxy) is 2. The number of carbonyl (C=O) groups excluding carboxylic acids is 4. The number of carbonyl (C=O) groups is 4. The molecule has 11 heteroatoms. The lowest BCUT2D eigenvalue weighted by Gasteiger charge is -2.58. The number of urea groups is 1. The van der Waals surface area contributed by atoms with Gasteiger partial charge in [0.05, 0.1) is 0 Å². The Hall–Kier alpha value is -4.15. The standard InChI is InChI=1S/C31H37N5O6/c32-26(37)24-7-4-12-33-27(24)42-23-16-31(17-23)14-22(15-31)36-28(38)25(35-29(36)39)13-19-8-10-21(11-9-19)34-30(40)41-18-20-5-2-1-3-6-20/h1-7,12,19,21-23,25H,8-11,13-18H2,(H2,32,37)(H,34,40)(H,35,39)/t19?,21?,22?,23?,25-,31?/m0/s1. The number of amides is 5. The van der Waals surface area contributed by atoms with Crippen LogP contribution < -0.4 is 21.1 Å². The highest BCUT2D eigenvalue weighted by molar-refractivity contribution is 6.04. The van der Waals surface area contributed by atoms with Gasteiger partial charge in [-0.2, -0.15) is 0 Å². The number of primary amides is 1. The van der Waals surface area contributed by atoms with Gasteiger partial charge >= 0.3 is 12.1 Å². The summed E-state index contributed by atoms with van der Waals surface area (Å²) >= 11 is 0. The zero-order valence-corrected chi connectivity index (χ0v) is 23.5. The van der Waals surface area contributed by atoms with Crippen LogP contribution >= 0.6 is 0 Å². The summed E-state index contributed by atoms with van der Waals surface area (Å²) in [6.07, 6.45) is 8.22. The number of nitrogens with two attached hydrogens (primary N) is 1. The summed E-state index contributed by atoms with van der Waals surface area (Å²) in [7, 11) is 0. The molecule has 1 aromatic carbocycles. The van der Waals surface area contributed by atoms with Crippen molar-refractivity contribution < 1.29 is 28.7 Å². The summed E-state index contributed by atoms with van der Waals surface area (Å²) in [6.45, 7) is 0.238. The molecule has 1 atom stereocenters. The van der Waals surface area contributed by atoms with Gasteiger partial charge in [0.15, 0.2) is 0 Å². The molecule has 1 aliphatic heterocycles. The van der Waals surface area contributed by atoms with E-state index >= 15 is 0 Å². The molecule has 0 unspecified atom stereocenters. The number of nitrogens with one attached hydrogen (secondary N) is 2. The largest absolute Gasteiger partial charge is 0.474 e. The highest BCUT2D eigenvalue weighted by Crippen LogP contribution is 2.58. The van der Waals surface area contributed by atoms with Crippen molar-refractivity contribution in [2.45, 2.75) is 88.6 Å². The van der Waals surface area contributed by atoms with Crippen LogP contribution in [0.25, 0.3) is 0 Å². The molecule has 42 heavy (non-hydrogen) atoms. The molecule has 4 aliphatic rings. The smallest absolute Gasteiger partial charge is 0.407 e. The van der Waals surface area contributed by atoms with E-state index in [0.29, 0.717) is 12.3 Å². The van der Waals surface area contributed by atoms with E-state index < -0.39 is 18.0 Å². The first-order valence-corrected chi connectivity index (χ1v) is 14.8. The quantitative estimate of drug-likeness (QED) is 0.386. The molecule has 0 bridgehead atoms. The minimum Gasteiger partial charge on any atom is -0.474 e. The van der Waals surface area contributed by atoms with Gasteiger partial charge in [-0.15, -0.1) is 0 Å². The third kappa shape index (κ3) is 5.91. The second kappa shape index (κ2) is 11.6. The van der Waals surface area contributed by atoms with Gasteiger partial charge in [0.25, 0.3) is 11.8 Å². The van der Waals surface area contributed by atoms with Crippen LogP contribution in [0.1, 0.15) is 73.7 Å². The first-order valence-electron chi connectivity index (χ1n) is 14.8. The van der Waals surface area contributed by atoms with Crippen LogP contribution in [0.15, 0.2) is 48.7 Å². The molecular weight excluding hydrogens is 538 g/mol. The van der Waals surface area contributed by atoms with Crippen molar-refractivity contribution in [2.24, 2.45) is 17.1 Å². The van der Waals surface area contributed by atoms with Gasteiger partial charge in [0.2, 0.25) is 5.88 Å². The second-order valence-electron chi connectivity index (χ2n) is 12.3. The lowest BCUT2D eigenvalue weighted by atomic mass is 9.52. The lowest BCUT2D eigenvalue weighted by Crippen LogP contribution is -2.60. The van der Waals surface area contributed by atoms with E-state index in [9.17, 15) is 19.2 Å². The number of nitrogens with zero attached hydrogens (tertiary/aromatic N) is 2. The maximum absolute atomic E-state index is 13.2. The zero-order chi connectivity index (χ0) is 29.3. The normalized spacial score (nSPS) is 30.2. The summed E-state index contributed by atoms with van der Waals surface area (Å²) in [5.74, 6) is -0.138. The molecule has 1 spiro atoms. The van der Waals surface area contributed by atoms with E-state index in [2.05, 4.69) is 15.6 Å². The number of pyridine rings is 1. The first kappa shape index (κ1) is 28.0. The van der Waals surface area contributed by atoms with Crippen LogP contribution in [0.3, 0.4) is 0 Å². The lowest BCUT2D eigenvalue weighted by molar-refractivity contribution is -0.141. The summed E-state index contributed by atoms with van der Waals surface area (Å²) in [4.78, 5) is 55.5. The van der Waals surface area contributed by atoms with E-state index in [1.54, 1.807) is 18.3 Å².